The van der Waals surface area contributed by atoms with Gasteiger partial charge in [-0.2, -0.15) is 0 Å². The zero-order valence-corrected chi connectivity index (χ0v) is 16.9. The van der Waals surface area contributed by atoms with E-state index in [1.807, 2.05) is 22.2 Å². The van der Waals surface area contributed by atoms with E-state index in [4.69, 9.17) is 4.74 Å². The van der Waals surface area contributed by atoms with E-state index in [1.165, 1.54) is 24.8 Å². The lowest BCUT2D eigenvalue weighted by Gasteiger charge is -2.40. The van der Waals surface area contributed by atoms with Gasteiger partial charge >= 0.3 is 0 Å². The third kappa shape index (κ3) is 4.11. The topological polar surface area (TPSA) is 90.8 Å². The number of likely N-dealkylation sites (tertiary alicyclic amines) is 1. The molecule has 0 aromatic carbocycles. The van der Waals surface area contributed by atoms with Crippen molar-refractivity contribution in [2.45, 2.75) is 68.7 Å². The Balaban J connectivity index is 1.15. The van der Waals surface area contributed by atoms with E-state index in [9.17, 15) is 9.90 Å². The van der Waals surface area contributed by atoms with Crippen molar-refractivity contribution in [3.63, 3.8) is 0 Å². The minimum Gasteiger partial charge on any atom is -0.389 e. The predicted molar refractivity (Wildman–Crippen MR) is 108 cm³/mol. The van der Waals surface area contributed by atoms with E-state index in [1.54, 1.807) is 0 Å². The van der Waals surface area contributed by atoms with Gasteiger partial charge < -0.3 is 25.0 Å². The van der Waals surface area contributed by atoms with Gasteiger partial charge in [-0.25, -0.2) is 9.97 Å². The van der Waals surface area contributed by atoms with Crippen molar-refractivity contribution in [2.24, 2.45) is 0 Å². The van der Waals surface area contributed by atoms with Gasteiger partial charge in [-0.05, 0) is 50.1 Å². The first-order valence-corrected chi connectivity index (χ1v) is 11.1. The zero-order valence-electron chi connectivity index (χ0n) is 16.9. The quantitative estimate of drug-likeness (QED) is 0.724. The molecular weight excluding hydrogens is 370 g/mol. The smallest absolute Gasteiger partial charge is 0.252 e. The Hall–Kier alpha value is -1.77. The van der Waals surface area contributed by atoms with E-state index in [0.29, 0.717) is 44.0 Å². The number of hydrogen-bond donors (Lipinski definition) is 2. The fraction of sp³-hybridized carbons (Fsp3) is 0.762. The molecule has 158 valence electrons. The molecule has 4 fully saturated rings. The number of aliphatic hydroxyl groups is 1. The molecule has 5 rings (SSSR count). The fourth-order valence-corrected chi connectivity index (χ4v) is 4.88. The Bertz CT molecular complexity index is 720. The van der Waals surface area contributed by atoms with Crippen molar-refractivity contribution in [3.8, 4) is 0 Å². The lowest BCUT2D eigenvalue weighted by atomic mass is 10.0. The third-order valence-corrected chi connectivity index (χ3v) is 6.79. The van der Waals surface area contributed by atoms with Gasteiger partial charge in [0.25, 0.3) is 5.91 Å². The number of amides is 1. The van der Waals surface area contributed by atoms with Crippen LogP contribution in [0.15, 0.2) is 12.4 Å². The van der Waals surface area contributed by atoms with E-state index in [0.717, 1.165) is 25.9 Å². The van der Waals surface area contributed by atoms with Crippen molar-refractivity contribution in [1.29, 1.82) is 0 Å². The molecule has 0 bridgehead atoms. The number of ether oxygens (including phenoxy) is 1. The number of aromatic nitrogens is 2. The van der Waals surface area contributed by atoms with Crippen LogP contribution in [0.2, 0.25) is 0 Å². The Morgan fingerprint density at radius 2 is 1.97 bits per heavy atom. The summed E-state index contributed by atoms with van der Waals surface area (Å²) in [5, 5.41) is 14.2. The molecule has 3 saturated heterocycles. The Kier molecular flexibility index (Phi) is 5.41. The maximum Gasteiger partial charge on any atom is 0.252 e. The summed E-state index contributed by atoms with van der Waals surface area (Å²) >= 11 is 0. The average Bonchev–Trinajstić information content (AvgIpc) is 3.34. The maximum atomic E-state index is 12.8. The molecule has 8 nitrogen and oxygen atoms in total. The van der Waals surface area contributed by atoms with Gasteiger partial charge in [0.15, 0.2) is 0 Å². The van der Waals surface area contributed by atoms with E-state index in [-0.39, 0.29) is 18.1 Å². The number of nitrogens with one attached hydrogen (secondary N) is 1. The Labute approximate surface area is 171 Å². The van der Waals surface area contributed by atoms with Gasteiger partial charge in [-0.15, -0.1) is 0 Å². The van der Waals surface area contributed by atoms with Crippen LogP contribution in [0.3, 0.4) is 0 Å². The van der Waals surface area contributed by atoms with Gasteiger partial charge in [0.1, 0.15) is 6.10 Å². The van der Waals surface area contributed by atoms with Gasteiger partial charge in [-0.3, -0.25) is 4.79 Å². The van der Waals surface area contributed by atoms with E-state index < -0.39 is 6.10 Å². The highest BCUT2D eigenvalue weighted by Gasteiger charge is 2.42. The van der Waals surface area contributed by atoms with Gasteiger partial charge in [0, 0.05) is 44.5 Å². The molecule has 29 heavy (non-hydrogen) atoms. The van der Waals surface area contributed by atoms with Crippen LogP contribution in [0.1, 0.15) is 50.0 Å². The van der Waals surface area contributed by atoms with Crippen molar-refractivity contribution < 1.29 is 14.6 Å². The summed E-state index contributed by atoms with van der Waals surface area (Å²) in [5.74, 6) is 1.34. The van der Waals surface area contributed by atoms with Crippen LogP contribution in [-0.2, 0) is 9.53 Å². The molecule has 1 amide bonds. The monoisotopic (exact) mass is 401 g/mol. The highest BCUT2D eigenvalue weighted by atomic mass is 16.5. The first-order chi connectivity index (χ1) is 14.2. The second-order valence-corrected chi connectivity index (χ2v) is 8.90. The van der Waals surface area contributed by atoms with Crippen molar-refractivity contribution in [2.75, 3.05) is 37.7 Å². The van der Waals surface area contributed by atoms with E-state index in [2.05, 4.69) is 15.3 Å². The van der Waals surface area contributed by atoms with Crippen molar-refractivity contribution in [3.05, 3.63) is 18.0 Å². The van der Waals surface area contributed by atoms with Crippen LogP contribution in [-0.4, -0.2) is 83.0 Å². The van der Waals surface area contributed by atoms with Crippen molar-refractivity contribution >= 4 is 11.9 Å². The molecule has 0 radical (unpaired) electrons. The highest BCUT2D eigenvalue weighted by molar-refractivity contribution is 5.83. The summed E-state index contributed by atoms with van der Waals surface area (Å²) in [6.07, 6.45) is 9.07. The number of hydrogen-bond acceptors (Lipinski definition) is 7. The molecule has 2 N–H and O–H groups in total. The lowest BCUT2D eigenvalue weighted by molar-refractivity contribution is -0.142. The molecule has 8 heteroatoms. The summed E-state index contributed by atoms with van der Waals surface area (Å²) in [6.45, 7) is 3.49. The number of rotatable bonds is 6. The Morgan fingerprint density at radius 1 is 1.14 bits per heavy atom. The lowest BCUT2D eigenvalue weighted by Crippen LogP contribution is -2.55. The molecule has 0 spiro atoms. The number of carbonyl (C=O) groups excluding carboxylic acids is 1. The normalized spacial score (nSPS) is 32.9. The SMILES string of the molecule is O=C1C(OCC2CCCN2)CCN1[C@@H]1CCN(c2ncc(C3CC3)cn2)C[C@H]1O. The molecular formula is C21H31N5O3. The van der Waals surface area contributed by atoms with E-state index >= 15 is 0 Å². The summed E-state index contributed by atoms with van der Waals surface area (Å²) in [6, 6.07) is 0.222. The summed E-state index contributed by atoms with van der Waals surface area (Å²) in [7, 11) is 0. The minimum absolute atomic E-state index is 0.0329. The molecule has 1 aromatic heterocycles. The third-order valence-electron chi connectivity index (χ3n) is 6.79. The molecule has 4 atom stereocenters. The summed E-state index contributed by atoms with van der Waals surface area (Å²) < 4.78 is 5.92. The minimum atomic E-state index is -0.602. The zero-order chi connectivity index (χ0) is 19.8. The molecule has 1 aromatic rings. The fourth-order valence-electron chi connectivity index (χ4n) is 4.88. The van der Waals surface area contributed by atoms with Crippen LogP contribution in [0.5, 0.6) is 0 Å². The van der Waals surface area contributed by atoms with Gasteiger partial charge in [0.2, 0.25) is 5.95 Å². The second kappa shape index (κ2) is 8.16. The van der Waals surface area contributed by atoms with Crippen LogP contribution in [0.4, 0.5) is 5.95 Å². The average molecular weight is 402 g/mol. The highest BCUT2D eigenvalue weighted by Crippen LogP contribution is 2.39. The standard InChI is InChI=1S/C21H31N5O3/c27-18-12-25(21-23-10-15(11-24-21)14-3-4-14)8-5-17(18)26-9-6-19(20(26)28)29-13-16-2-1-7-22-16/h10-11,14,16-19,22,27H,1-9,12-13H2/t16?,17-,18-,19?/m1/s1. The summed E-state index contributed by atoms with van der Waals surface area (Å²) in [4.78, 5) is 25.7. The predicted octanol–water partition coefficient (Wildman–Crippen LogP) is 0.663. The molecule has 4 aliphatic rings. The first-order valence-electron chi connectivity index (χ1n) is 11.1. The number of aliphatic hydroxyl groups excluding tert-OH is 1. The molecule has 1 aliphatic carbocycles. The molecule has 4 heterocycles. The van der Waals surface area contributed by atoms with Crippen molar-refractivity contribution in [1.82, 2.24) is 20.2 Å². The van der Waals surface area contributed by atoms with Gasteiger partial charge in [0.05, 0.1) is 18.8 Å². The maximum absolute atomic E-state index is 12.8. The number of nitrogens with zero attached hydrogens (tertiary/aromatic N) is 4. The first kappa shape index (κ1) is 19.2. The molecule has 3 aliphatic heterocycles. The number of piperidine rings is 1. The molecule has 2 unspecified atom stereocenters. The van der Waals surface area contributed by atoms with Gasteiger partial charge in [-0.1, -0.05) is 0 Å². The Morgan fingerprint density at radius 3 is 2.66 bits per heavy atom. The number of carbonyl (C=O) groups is 1. The summed E-state index contributed by atoms with van der Waals surface area (Å²) in [5.41, 5.74) is 1.21. The van der Waals surface area contributed by atoms with Crippen LogP contribution < -0.4 is 10.2 Å². The van der Waals surface area contributed by atoms with Crippen LogP contribution in [0.25, 0.3) is 0 Å². The number of anilines is 1. The van der Waals surface area contributed by atoms with Crippen LogP contribution >= 0.6 is 0 Å². The van der Waals surface area contributed by atoms with Crippen LogP contribution in [0, 0.1) is 0 Å². The molecule has 1 saturated carbocycles. The largest absolute Gasteiger partial charge is 0.389 e. The number of β-amino-alcohol motifs (C(OH)–C–C–N with tert-alkyl or cyclic N) is 1. The second-order valence-electron chi connectivity index (χ2n) is 8.90.